The molecule has 1 aromatic carbocycles. The molecule has 0 aromatic heterocycles. The van der Waals surface area contributed by atoms with Crippen LogP contribution in [0.2, 0.25) is 0 Å². The Bertz CT molecular complexity index is 492. The third kappa shape index (κ3) is 6.22. The number of alkyl carbamates (subject to hydrolysis) is 1. The van der Waals surface area contributed by atoms with E-state index in [0.29, 0.717) is 12.0 Å². The molecule has 2 unspecified atom stereocenters. The number of rotatable bonds is 7. The highest BCUT2D eigenvalue weighted by atomic mass is 16.6. The number of amides is 1. The van der Waals surface area contributed by atoms with Crippen molar-refractivity contribution in [1.82, 2.24) is 10.6 Å². The third-order valence-corrected chi connectivity index (χ3v) is 4.09. The van der Waals surface area contributed by atoms with Gasteiger partial charge < -0.3 is 15.4 Å². The number of hydrogen-bond acceptors (Lipinski definition) is 3. The molecule has 0 heterocycles. The highest BCUT2D eigenvalue weighted by Gasteiger charge is 2.33. The number of carbonyl (C=O) groups is 1. The van der Waals surface area contributed by atoms with Crippen molar-refractivity contribution in [3.05, 3.63) is 35.9 Å². The largest absolute Gasteiger partial charge is 0.444 e. The maximum absolute atomic E-state index is 12.0. The lowest BCUT2D eigenvalue weighted by atomic mass is 10.0. The number of carbonyl (C=O) groups excluding carboxylic acids is 1. The SMILES string of the molecule is CCC(NCC(NC(=O)OC(C)(C)C)C1CC1)c1ccccc1. The first-order valence-corrected chi connectivity index (χ1v) is 8.67. The van der Waals surface area contributed by atoms with Crippen LogP contribution < -0.4 is 10.6 Å². The zero-order valence-electron chi connectivity index (χ0n) is 14.8. The number of benzene rings is 1. The van der Waals surface area contributed by atoms with Gasteiger partial charge in [0.05, 0.1) is 0 Å². The van der Waals surface area contributed by atoms with Gasteiger partial charge in [-0.1, -0.05) is 37.3 Å². The molecule has 23 heavy (non-hydrogen) atoms. The maximum atomic E-state index is 12.0. The Labute approximate surface area is 140 Å². The van der Waals surface area contributed by atoms with Crippen LogP contribution in [0, 0.1) is 5.92 Å². The van der Waals surface area contributed by atoms with Gasteiger partial charge in [0, 0.05) is 18.6 Å². The van der Waals surface area contributed by atoms with Gasteiger partial charge in [0.2, 0.25) is 0 Å². The van der Waals surface area contributed by atoms with E-state index in [1.54, 1.807) is 0 Å². The van der Waals surface area contributed by atoms with Gasteiger partial charge in [0.1, 0.15) is 5.60 Å². The molecule has 1 aliphatic rings. The first-order chi connectivity index (χ1) is 10.9. The molecule has 0 saturated heterocycles. The van der Waals surface area contributed by atoms with Gasteiger partial charge in [-0.2, -0.15) is 0 Å². The summed E-state index contributed by atoms with van der Waals surface area (Å²) in [7, 11) is 0. The van der Waals surface area contributed by atoms with E-state index >= 15 is 0 Å². The Kier molecular flexibility index (Phi) is 6.05. The smallest absolute Gasteiger partial charge is 0.407 e. The fraction of sp³-hybridized carbons (Fsp3) is 0.632. The molecule has 0 aliphatic heterocycles. The molecule has 1 aromatic rings. The fourth-order valence-electron chi connectivity index (χ4n) is 2.75. The first-order valence-electron chi connectivity index (χ1n) is 8.67. The predicted octanol–water partition coefficient (Wildman–Crippen LogP) is 4.03. The summed E-state index contributed by atoms with van der Waals surface area (Å²) >= 11 is 0. The molecule has 1 saturated carbocycles. The van der Waals surface area contributed by atoms with Gasteiger partial charge in [-0.05, 0) is 51.5 Å². The summed E-state index contributed by atoms with van der Waals surface area (Å²) in [5.41, 5.74) is 0.837. The minimum atomic E-state index is -0.457. The lowest BCUT2D eigenvalue weighted by Crippen LogP contribution is -2.46. The highest BCUT2D eigenvalue weighted by Crippen LogP contribution is 2.33. The molecule has 1 fully saturated rings. The average Bonchev–Trinajstić information content (AvgIpc) is 3.30. The monoisotopic (exact) mass is 318 g/mol. The van der Waals surface area contributed by atoms with E-state index in [1.807, 2.05) is 26.8 Å². The Hall–Kier alpha value is -1.55. The minimum absolute atomic E-state index is 0.141. The second kappa shape index (κ2) is 7.82. The summed E-state index contributed by atoms with van der Waals surface area (Å²) in [4.78, 5) is 12.0. The van der Waals surface area contributed by atoms with Gasteiger partial charge in [0.25, 0.3) is 0 Å². The summed E-state index contributed by atoms with van der Waals surface area (Å²) < 4.78 is 5.39. The maximum Gasteiger partial charge on any atom is 0.407 e. The van der Waals surface area contributed by atoms with E-state index in [2.05, 4.69) is 41.8 Å². The molecular formula is C19H30N2O2. The van der Waals surface area contributed by atoms with Crippen LogP contribution in [-0.4, -0.2) is 24.3 Å². The summed E-state index contributed by atoms with van der Waals surface area (Å²) in [6.07, 6.45) is 3.08. The van der Waals surface area contributed by atoms with Crippen LogP contribution in [0.25, 0.3) is 0 Å². The molecule has 4 nitrogen and oxygen atoms in total. The molecule has 0 radical (unpaired) electrons. The van der Waals surface area contributed by atoms with Crippen molar-refractivity contribution in [1.29, 1.82) is 0 Å². The van der Waals surface area contributed by atoms with Gasteiger partial charge >= 0.3 is 6.09 Å². The van der Waals surface area contributed by atoms with Crippen LogP contribution in [0.4, 0.5) is 4.79 Å². The molecular weight excluding hydrogens is 288 g/mol. The van der Waals surface area contributed by atoms with Gasteiger partial charge in [-0.3, -0.25) is 0 Å². The second-order valence-corrected chi connectivity index (χ2v) is 7.37. The highest BCUT2D eigenvalue weighted by molar-refractivity contribution is 5.68. The van der Waals surface area contributed by atoms with Crippen molar-refractivity contribution in [3.63, 3.8) is 0 Å². The zero-order chi connectivity index (χ0) is 16.9. The van der Waals surface area contributed by atoms with E-state index in [9.17, 15) is 4.79 Å². The summed E-state index contributed by atoms with van der Waals surface area (Å²) in [6, 6.07) is 10.9. The Morgan fingerprint density at radius 2 is 1.91 bits per heavy atom. The van der Waals surface area contributed by atoms with E-state index in [1.165, 1.54) is 18.4 Å². The van der Waals surface area contributed by atoms with Gasteiger partial charge in [-0.25, -0.2) is 4.79 Å². The first kappa shape index (κ1) is 17.8. The van der Waals surface area contributed by atoms with Crippen molar-refractivity contribution >= 4 is 6.09 Å². The van der Waals surface area contributed by atoms with Crippen LogP contribution in [-0.2, 0) is 4.74 Å². The molecule has 0 spiro atoms. The van der Waals surface area contributed by atoms with E-state index < -0.39 is 5.60 Å². The van der Waals surface area contributed by atoms with Gasteiger partial charge in [-0.15, -0.1) is 0 Å². The van der Waals surface area contributed by atoms with E-state index in [-0.39, 0.29) is 12.1 Å². The molecule has 2 atom stereocenters. The van der Waals surface area contributed by atoms with Crippen molar-refractivity contribution < 1.29 is 9.53 Å². The molecule has 1 aliphatic carbocycles. The van der Waals surface area contributed by atoms with Crippen LogP contribution in [0.3, 0.4) is 0 Å². The van der Waals surface area contributed by atoms with Crippen molar-refractivity contribution in [2.45, 2.75) is 64.6 Å². The summed E-state index contributed by atoms with van der Waals surface area (Å²) in [5, 5.41) is 6.65. The standard InChI is InChI=1S/C19H30N2O2/c1-5-16(14-9-7-6-8-10-14)20-13-17(15-11-12-15)21-18(22)23-19(2,3)4/h6-10,15-17,20H,5,11-13H2,1-4H3,(H,21,22). The number of nitrogens with one attached hydrogen (secondary N) is 2. The third-order valence-electron chi connectivity index (χ3n) is 4.09. The fourth-order valence-corrected chi connectivity index (χ4v) is 2.75. The average molecular weight is 318 g/mol. The van der Waals surface area contributed by atoms with Crippen molar-refractivity contribution in [2.24, 2.45) is 5.92 Å². The molecule has 4 heteroatoms. The Balaban J connectivity index is 1.88. The van der Waals surface area contributed by atoms with Crippen LogP contribution in [0.5, 0.6) is 0 Å². The number of ether oxygens (including phenoxy) is 1. The molecule has 0 bridgehead atoms. The Morgan fingerprint density at radius 1 is 1.26 bits per heavy atom. The van der Waals surface area contributed by atoms with Crippen LogP contribution >= 0.6 is 0 Å². The van der Waals surface area contributed by atoms with Crippen molar-refractivity contribution in [3.8, 4) is 0 Å². The minimum Gasteiger partial charge on any atom is -0.444 e. The van der Waals surface area contributed by atoms with Crippen LogP contribution in [0.1, 0.15) is 58.6 Å². The second-order valence-electron chi connectivity index (χ2n) is 7.37. The Morgan fingerprint density at radius 3 is 2.43 bits per heavy atom. The van der Waals surface area contributed by atoms with Crippen molar-refractivity contribution in [2.75, 3.05) is 6.54 Å². The number of hydrogen-bond donors (Lipinski definition) is 2. The molecule has 2 N–H and O–H groups in total. The molecule has 128 valence electrons. The quantitative estimate of drug-likeness (QED) is 0.798. The summed E-state index contributed by atoms with van der Waals surface area (Å²) in [5.74, 6) is 0.572. The molecule has 1 amide bonds. The predicted molar refractivity (Wildman–Crippen MR) is 93.4 cm³/mol. The summed E-state index contributed by atoms with van der Waals surface area (Å²) in [6.45, 7) is 8.62. The molecule has 2 rings (SSSR count). The zero-order valence-corrected chi connectivity index (χ0v) is 14.8. The van der Waals surface area contributed by atoms with E-state index in [4.69, 9.17) is 4.74 Å². The topological polar surface area (TPSA) is 50.4 Å². The normalized spacial score (nSPS) is 17.4. The van der Waals surface area contributed by atoms with E-state index in [0.717, 1.165) is 13.0 Å². The van der Waals surface area contributed by atoms with Gasteiger partial charge in [0.15, 0.2) is 0 Å². The van der Waals surface area contributed by atoms with Crippen LogP contribution in [0.15, 0.2) is 30.3 Å². The lowest BCUT2D eigenvalue weighted by Gasteiger charge is -2.26. The lowest BCUT2D eigenvalue weighted by molar-refractivity contribution is 0.0496.